The van der Waals surface area contributed by atoms with Gasteiger partial charge in [-0.3, -0.25) is 9.59 Å². The van der Waals surface area contributed by atoms with E-state index in [1.54, 1.807) is 11.0 Å². The molecule has 1 aromatic rings. The summed E-state index contributed by atoms with van der Waals surface area (Å²) in [4.78, 5) is 25.5. The van der Waals surface area contributed by atoms with Gasteiger partial charge in [0.05, 0.1) is 11.3 Å². The Balaban J connectivity index is 2.13. The fraction of sp³-hybridized carbons (Fsp3) is 0.500. The Morgan fingerprint density at radius 1 is 1.24 bits per heavy atom. The molecular formula is C16H20ClNO3. The molecule has 1 amide bonds. The van der Waals surface area contributed by atoms with Crippen LogP contribution in [0, 0.1) is 5.92 Å². The summed E-state index contributed by atoms with van der Waals surface area (Å²) >= 11 is 6.21. The van der Waals surface area contributed by atoms with Gasteiger partial charge in [0.25, 0.3) is 0 Å². The van der Waals surface area contributed by atoms with Gasteiger partial charge < -0.3 is 10.0 Å². The number of carbonyl (C=O) groups excluding carboxylic acids is 1. The average molecular weight is 310 g/mol. The summed E-state index contributed by atoms with van der Waals surface area (Å²) in [5.41, 5.74) is 0.0889. The quantitative estimate of drug-likeness (QED) is 0.934. The number of rotatable bonds is 3. The zero-order chi connectivity index (χ0) is 15.6. The molecule has 0 bridgehead atoms. The molecule has 1 aliphatic rings. The molecule has 0 radical (unpaired) electrons. The number of carboxylic acid groups (broad SMARTS) is 1. The maximum absolute atomic E-state index is 12.8. The first-order valence-electron chi connectivity index (χ1n) is 7.11. The Morgan fingerprint density at radius 2 is 1.81 bits per heavy atom. The van der Waals surface area contributed by atoms with E-state index in [9.17, 15) is 9.59 Å². The highest BCUT2D eigenvalue weighted by Crippen LogP contribution is 2.32. The van der Waals surface area contributed by atoms with Gasteiger partial charge in [0.2, 0.25) is 5.91 Å². The van der Waals surface area contributed by atoms with Crippen LogP contribution in [-0.2, 0) is 15.0 Å². The number of hydrogen-bond donors (Lipinski definition) is 1. The van der Waals surface area contributed by atoms with Gasteiger partial charge in [-0.1, -0.05) is 29.8 Å². The van der Waals surface area contributed by atoms with Gasteiger partial charge in [-0.2, -0.15) is 0 Å². The molecule has 1 aliphatic heterocycles. The molecule has 114 valence electrons. The van der Waals surface area contributed by atoms with Crippen LogP contribution in [0.3, 0.4) is 0 Å². The third-order valence-electron chi connectivity index (χ3n) is 4.21. The summed E-state index contributed by atoms with van der Waals surface area (Å²) in [6, 6.07) is 7.35. The second-order valence-corrected chi connectivity index (χ2v) is 6.42. The minimum atomic E-state index is -0.771. The molecule has 0 aromatic heterocycles. The third-order valence-corrected chi connectivity index (χ3v) is 4.54. The van der Waals surface area contributed by atoms with Crippen LogP contribution < -0.4 is 0 Å². The first-order valence-corrected chi connectivity index (χ1v) is 7.49. The van der Waals surface area contributed by atoms with Crippen molar-refractivity contribution in [1.82, 2.24) is 4.90 Å². The Morgan fingerprint density at radius 3 is 2.33 bits per heavy atom. The minimum Gasteiger partial charge on any atom is -0.481 e. The Kier molecular flexibility index (Phi) is 4.57. The number of benzene rings is 1. The highest BCUT2D eigenvalue weighted by Gasteiger charge is 2.37. The minimum absolute atomic E-state index is 0.000520. The first-order chi connectivity index (χ1) is 9.84. The molecule has 2 rings (SSSR count). The zero-order valence-electron chi connectivity index (χ0n) is 12.3. The number of piperidine rings is 1. The number of likely N-dealkylation sites (tertiary alicyclic amines) is 1. The van der Waals surface area contributed by atoms with Crippen LogP contribution in [0.1, 0.15) is 32.3 Å². The topological polar surface area (TPSA) is 57.6 Å². The van der Waals surface area contributed by atoms with Crippen molar-refractivity contribution in [2.75, 3.05) is 13.1 Å². The van der Waals surface area contributed by atoms with Crippen LogP contribution >= 0.6 is 11.6 Å². The van der Waals surface area contributed by atoms with Gasteiger partial charge in [0, 0.05) is 18.1 Å². The lowest BCUT2D eigenvalue weighted by Crippen LogP contribution is -2.47. The van der Waals surface area contributed by atoms with E-state index >= 15 is 0 Å². The lowest BCUT2D eigenvalue weighted by molar-refractivity contribution is -0.147. The van der Waals surface area contributed by atoms with Crippen LogP contribution in [0.5, 0.6) is 0 Å². The van der Waals surface area contributed by atoms with Crippen LogP contribution in [-0.4, -0.2) is 35.0 Å². The molecule has 21 heavy (non-hydrogen) atoms. The van der Waals surface area contributed by atoms with Gasteiger partial charge in [0.15, 0.2) is 0 Å². The van der Waals surface area contributed by atoms with Gasteiger partial charge in [-0.05, 0) is 38.3 Å². The molecule has 1 saturated heterocycles. The molecular weight excluding hydrogens is 290 g/mol. The number of carboxylic acids is 1. The summed E-state index contributed by atoms with van der Waals surface area (Å²) < 4.78 is 0. The molecule has 5 heteroatoms. The predicted molar refractivity (Wildman–Crippen MR) is 81.4 cm³/mol. The van der Waals surface area contributed by atoms with Crippen molar-refractivity contribution in [2.24, 2.45) is 5.92 Å². The first kappa shape index (κ1) is 15.8. The maximum Gasteiger partial charge on any atom is 0.306 e. The fourth-order valence-corrected chi connectivity index (χ4v) is 3.18. The van der Waals surface area contributed by atoms with Gasteiger partial charge in [-0.25, -0.2) is 0 Å². The Bertz CT molecular complexity index is 548. The van der Waals surface area contributed by atoms with E-state index < -0.39 is 11.4 Å². The summed E-state index contributed by atoms with van der Waals surface area (Å²) in [5.74, 6) is -1.11. The van der Waals surface area contributed by atoms with Crippen molar-refractivity contribution in [1.29, 1.82) is 0 Å². The van der Waals surface area contributed by atoms with Gasteiger partial charge in [-0.15, -0.1) is 0 Å². The summed E-state index contributed by atoms with van der Waals surface area (Å²) in [6.45, 7) is 4.70. The molecule has 0 atom stereocenters. The van der Waals surface area contributed by atoms with Crippen LogP contribution in [0.4, 0.5) is 0 Å². The van der Waals surface area contributed by atoms with Crippen LogP contribution in [0.25, 0.3) is 0 Å². The van der Waals surface area contributed by atoms with E-state index in [1.807, 2.05) is 32.0 Å². The molecule has 0 unspecified atom stereocenters. The normalized spacial score (nSPS) is 16.8. The van der Waals surface area contributed by atoms with E-state index in [1.165, 1.54) is 0 Å². The summed E-state index contributed by atoms with van der Waals surface area (Å²) in [6.07, 6.45) is 1.03. The largest absolute Gasteiger partial charge is 0.481 e. The van der Waals surface area contributed by atoms with Crippen LogP contribution in [0.2, 0.25) is 5.02 Å². The van der Waals surface area contributed by atoms with Crippen molar-refractivity contribution >= 4 is 23.5 Å². The molecule has 1 N–H and O–H groups in total. The SMILES string of the molecule is CC(C)(C(=O)N1CCC(C(=O)O)CC1)c1ccccc1Cl. The molecule has 1 fully saturated rings. The van der Waals surface area contributed by atoms with Crippen molar-refractivity contribution in [3.05, 3.63) is 34.9 Å². The van der Waals surface area contributed by atoms with Gasteiger partial charge in [0.1, 0.15) is 0 Å². The standard InChI is InChI=1S/C16H20ClNO3/c1-16(2,12-5-3-4-6-13(12)17)15(21)18-9-7-11(8-10-18)14(19)20/h3-6,11H,7-10H2,1-2H3,(H,19,20). The number of hydrogen-bond acceptors (Lipinski definition) is 2. The number of carbonyl (C=O) groups is 2. The smallest absolute Gasteiger partial charge is 0.306 e. The number of halogens is 1. The van der Waals surface area contributed by atoms with Crippen molar-refractivity contribution in [3.63, 3.8) is 0 Å². The van der Waals surface area contributed by atoms with E-state index in [0.29, 0.717) is 31.0 Å². The zero-order valence-corrected chi connectivity index (χ0v) is 13.1. The highest BCUT2D eigenvalue weighted by molar-refractivity contribution is 6.31. The van der Waals surface area contributed by atoms with E-state index in [0.717, 1.165) is 5.56 Å². The molecule has 0 saturated carbocycles. The van der Waals surface area contributed by atoms with Crippen molar-refractivity contribution in [3.8, 4) is 0 Å². The van der Waals surface area contributed by atoms with Gasteiger partial charge >= 0.3 is 5.97 Å². The molecule has 1 aromatic carbocycles. The highest BCUT2D eigenvalue weighted by atomic mass is 35.5. The number of aliphatic carboxylic acids is 1. The maximum atomic E-state index is 12.8. The number of nitrogens with zero attached hydrogens (tertiary/aromatic N) is 1. The molecule has 1 heterocycles. The van der Waals surface area contributed by atoms with E-state index in [-0.39, 0.29) is 11.8 Å². The molecule has 0 aliphatic carbocycles. The Hall–Kier alpha value is -1.55. The second kappa shape index (κ2) is 6.06. The van der Waals surface area contributed by atoms with E-state index in [4.69, 9.17) is 16.7 Å². The lowest BCUT2D eigenvalue weighted by Gasteiger charge is -2.36. The fourth-order valence-electron chi connectivity index (χ4n) is 2.81. The predicted octanol–water partition coefficient (Wildman–Crippen LogP) is 2.94. The molecule has 4 nitrogen and oxygen atoms in total. The number of amides is 1. The average Bonchev–Trinajstić information content (AvgIpc) is 2.46. The monoisotopic (exact) mass is 309 g/mol. The lowest BCUT2D eigenvalue weighted by atomic mass is 9.82. The van der Waals surface area contributed by atoms with Crippen molar-refractivity contribution in [2.45, 2.75) is 32.1 Å². The summed E-state index contributed by atoms with van der Waals surface area (Å²) in [5, 5.41) is 9.60. The summed E-state index contributed by atoms with van der Waals surface area (Å²) in [7, 11) is 0. The molecule has 0 spiro atoms. The van der Waals surface area contributed by atoms with Crippen molar-refractivity contribution < 1.29 is 14.7 Å². The van der Waals surface area contributed by atoms with E-state index in [2.05, 4.69) is 0 Å². The second-order valence-electron chi connectivity index (χ2n) is 6.01. The Labute approximate surface area is 129 Å². The van der Waals surface area contributed by atoms with Crippen LogP contribution in [0.15, 0.2) is 24.3 Å². The third kappa shape index (κ3) is 3.21.